The summed E-state index contributed by atoms with van der Waals surface area (Å²) < 4.78 is 0. The van der Waals surface area contributed by atoms with Crippen molar-refractivity contribution < 1.29 is 0 Å². The molecule has 4 heteroatoms. The van der Waals surface area contributed by atoms with Crippen LogP contribution < -0.4 is 5.32 Å². The standard InChI is InChI=1S/C16H24N4/c1-16(2,3)15-18-13-9-7-6-8-12(13)14(19-15)17-10-11-20(4)5/h6-9H,10-11H2,1-5H3,(H,17,18,19). The van der Waals surface area contributed by atoms with Crippen LogP contribution in [0.5, 0.6) is 0 Å². The molecule has 1 heterocycles. The number of hydrogen-bond acceptors (Lipinski definition) is 4. The summed E-state index contributed by atoms with van der Waals surface area (Å²) in [6.45, 7) is 8.27. The highest BCUT2D eigenvalue weighted by Crippen LogP contribution is 2.25. The molecule has 4 nitrogen and oxygen atoms in total. The number of benzene rings is 1. The molecule has 0 spiro atoms. The van der Waals surface area contributed by atoms with E-state index < -0.39 is 0 Å². The molecule has 0 amide bonds. The van der Waals surface area contributed by atoms with E-state index in [-0.39, 0.29) is 5.41 Å². The molecule has 0 saturated heterocycles. The summed E-state index contributed by atoms with van der Waals surface area (Å²) in [4.78, 5) is 11.6. The monoisotopic (exact) mass is 272 g/mol. The minimum absolute atomic E-state index is 0.0536. The maximum absolute atomic E-state index is 4.73. The minimum Gasteiger partial charge on any atom is -0.368 e. The van der Waals surface area contributed by atoms with Gasteiger partial charge in [-0.1, -0.05) is 32.9 Å². The van der Waals surface area contributed by atoms with Crippen molar-refractivity contribution >= 4 is 16.7 Å². The number of likely N-dealkylation sites (N-methyl/N-ethyl adjacent to an activating group) is 1. The van der Waals surface area contributed by atoms with Gasteiger partial charge in [-0.2, -0.15) is 0 Å². The third-order valence-corrected chi connectivity index (χ3v) is 3.13. The Balaban J connectivity index is 2.39. The van der Waals surface area contributed by atoms with Crippen LogP contribution in [0, 0.1) is 0 Å². The van der Waals surface area contributed by atoms with Gasteiger partial charge in [-0.25, -0.2) is 9.97 Å². The van der Waals surface area contributed by atoms with Crippen molar-refractivity contribution in [1.82, 2.24) is 14.9 Å². The average molecular weight is 272 g/mol. The van der Waals surface area contributed by atoms with E-state index in [1.807, 2.05) is 18.2 Å². The van der Waals surface area contributed by atoms with Crippen molar-refractivity contribution in [2.45, 2.75) is 26.2 Å². The van der Waals surface area contributed by atoms with Gasteiger partial charge in [-0.3, -0.25) is 0 Å². The van der Waals surface area contributed by atoms with Gasteiger partial charge in [-0.15, -0.1) is 0 Å². The first-order valence-corrected chi connectivity index (χ1v) is 7.04. The number of nitrogens with zero attached hydrogens (tertiary/aromatic N) is 3. The summed E-state index contributed by atoms with van der Waals surface area (Å²) in [5.74, 6) is 1.81. The molecule has 108 valence electrons. The zero-order valence-corrected chi connectivity index (χ0v) is 13.1. The first kappa shape index (κ1) is 14.7. The first-order chi connectivity index (χ1) is 9.38. The number of fused-ring (bicyclic) bond motifs is 1. The van der Waals surface area contributed by atoms with Gasteiger partial charge in [0.25, 0.3) is 0 Å². The van der Waals surface area contributed by atoms with Gasteiger partial charge in [0.2, 0.25) is 0 Å². The van der Waals surface area contributed by atoms with Crippen LogP contribution in [0.4, 0.5) is 5.82 Å². The number of para-hydroxylation sites is 1. The molecule has 1 aromatic heterocycles. The van der Waals surface area contributed by atoms with Crippen LogP contribution in [0.15, 0.2) is 24.3 Å². The van der Waals surface area contributed by atoms with E-state index in [1.54, 1.807) is 0 Å². The molecule has 0 saturated carbocycles. The quantitative estimate of drug-likeness (QED) is 0.929. The smallest absolute Gasteiger partial charge is 0.137 e. The Morgan fingerprint density at radius 1 is 1.10 bits per heavy atom. The van der Waals surface area contributed by atoms with E-state index in [0.29, 0.717) is 0 Å². The fraction of sp³-hybridized carbons (Fsp3) is 0.500. The normalized spacial score (nSPS) is 12.1. The number of hydrogen-bond donors (Lipinski definition) is 1. The molecular formula is C16H24N4. The van der Waals surface area contributed by atoms with E-state index in [0.717, 1.165) is 35.6 Å². The number of anilines is 1. The maximum Gasteiger partial charge on any atom is 0.137 e. The third kappa shape index (κ3) is 3.45. The van der Waals surface area contributed by atoms with Crippen LogP contribution in [0.2, 0.25) is 0 Å². The predicted molar refractivity (Wildman–Crippen MR) is 85.3 cm³/mol. The van der Waals surface area contributed by atoms with Crippen LogP contribution in [-0.4, -0.2) is 42.1 Å². The fourth-order valence-corrected chi connectivity index (χ4v) is 1.94. The molecule has 0 aliphatic rings. The lowest BCUT2D eigenvalue weighted by molar-refractivity contribution is 0.425. The Hall–Kier alpha value is -1.68. The summed E-state index contributed by atoms with van der Waals surface area (Å²) in [7, 11) is 4.14. The SMILES string of the molecule is CN(C)CCNc1nc(C(C)(C)C)nc2ccccc12. The second kappa shape index (κ2) is 5.75. The molecule has 0 aliphatic carbocycles. The summed E-state index contributed by atoms with van der Waals surface area (Å²) >= 11 is 0. The molecule has 0 aliphatic heterocycles. The lowest BCUT2D eigenvalue weighted by atomic mass is 9.95. The lowest BCUT2D eigenvalue weighted by Crippen LogP contribution is -2.22. The second-order valence-corrected chi connectivity index (χ2v) is 6.39. The van der Waals surface area contributed by atoms with E-state index in [1.165, 1.54) is 0 Å². The van der Waals surface area contributed by atoms with Gasteiger partial charge in [0.15, 0.2) is 0 Å². The molecule has 0 fully saturated rings. The molecule has 0 atom stereocenters. The minimum atomic E-state index is -0.0536. The van der Waals surface area contributed by atoms with Crippen molar-refractivity contribution in [3.8, 4) is 0 Å². The van der Waals surface area contributed by atoms with Crippen LogP contribution >= 0.6 is 0 Å². The highest BCUT2D eigenvalue weighted by Gasteiger charge is 2.19. The van der Waals surface area contributed by atoms with E-state index in [9.17, 15) is 0 Å². The fourth-order valence-electron chi connectivity index (χ4n) is 1.94. The first-order valence-electron chi connectivity index (χ1n) is 7.04. The molecular weight excluding hydrogens is 248 g/mol. The Kier molecular flexibility index (Phi) is 4.23. The van der Waals surface area contributed by atoms with Gasteiger partial charge in [0.05, 0.1) is 5.52 Å². The lowest BCUT2D eigenvalue weighted by Gasteiger charge is -2.19. The van der Waals surface area contributed by atoms with Crippen LogP contribution in [0.1, 0.15) is 26.6 Å². The zero-order valence-electron chi connectivity index (χ0n) is 13.1. The molecule has 0 radical (unpaired) electrons. The van der Waals surface area contributed by atoms with Crippen molar-refractivity contribution in [1.29, 1.82) is 0 Å². The number of nitrogens with one attached hydrogen (secondary N) is 1. The summed E-state index contributed by atoms with van der Waals surface area (Å²) in [6, 6.07) is 8.16. The number of rotatable bonds is 4. The van der Waals surface area contributed by atoms with Gasteiger partial charge in [0, 0.05) is 23.9 Å². The van der Waals surface area contributed by atoms with Crippen molar-refractivity contribution in [2.24, 2.45) is 0 Å². The highest BCUT2D eigenvalue weighted by atomic mass is 15.1. The maximum atomic E-state index is 4.73. The van der Waals surface area contributed by atoms with Gasteiger partial charge < -0.3 is 10.2 Å². The van der Waals surface area contributed by atoms with Gasteiger partial charge >= 0.3 is 0 Å². The van der Waals surface area contributed by atoms with Crippen LogP contribution in [0.25, 0.3) is 10.9 Å². The summed E-state index contributed by atoms with van der Waals surface area (Å²) in [6.07, 6.45) is 0. The van der Waals surface area contributed by atoms with Gasteiger partial charge in [0.1, 0.15) is 11.6 Å². The molecule has 0 unspecified atom stereocenters. The van der Waals surface area contributed by atoms with Crippen molar-refractivity contribution in [2.75, 3.05) is 32.5 Å². The third-order valence-electron chi connectivity index (χ3n) is 3.13. The van der Waals surface area contributed by atoms with Crippen molar-refractivity contribution in [3.05, 3.63) is 30.1 Å². The molecule has 2 aromatic rings. The molecule has 20 heavy (non-hydrogen) atoms. The number of aromatic nitrogens is 2. The molecule has 1 aromatic carbocycles. The molecule has 2 rings (SSSR count). The topological polar surface area (TPSA) is 41.0 Å². The van der Waals surface area contributed by atoms with E-state index in [4.69, 9.17) is 4.98 Å². The Morgan fingerprint density at radius 3 is 2.45 bits per heavy atom. The molecule has 0 bridgehead atoms. The highest BCUT2D eigenvalue weighted by molar-refractivity contribution is 5.89. The summed E-state index contributed by atoms with van der Waals surface area (Å²) in [5.41, 5.74) is 0.946. The second-order valence-electron chi connectivity index (χ2n) is 6.39. The zero-order chi connectivity index (χ0) is 14.8. The molecule has 1 N–H and O–H groups in total. The van der Waals surface area contributed by atoms with E-state index >= 15 is 0 Å². The average Bonchev–Trinajstić information content (AvgIpc) is 2.37. The van der Waals surface area contributed by atoms with E-state index in [2.05, 4.69) is 56.1 Å². The van der Waals surface area contributed by atoms with Crippen LogP contribution in [-0.2, 0) is 5.41 Å². The largest absolute Gasteiger partial charge is 0.368 e. The van der Waals surface area contributed by atoms with Crippen LogP contribution in [0.3, 0.4) is 0 Å². The Morgan fingerprint density at radius 2 is 1.80 bits per heavy atom. The summed E-state index contributed by atoms with van der Waals surface area (Å²) in [5, 5.41) is 4.52. The van der Waals surface area contributed by atoms with Crippen molar-refractivity contribution in [3.63, 3.8) is 0 Å². The Bertz CT molecular complexity index is 585. The van der Waals surface area contributed by atoms with Gasteiger partial charge in [-0.05, 0) is 26.2 Å². The Labute approximate surface area is 121 Å². The predicted octanol–water partition coefficient (Wildman–Crippen LogP) is 2.90.